The summed E-state index contributed by atoms with van der Waals surface area (Å²) < 4.78 is 14.8. The summed E-state index contributed by atoms with van der Waals surface area (Å²) in [4.78, 5) is 26.8. The first kappa shape index (κ1) is 21.6. The van der Waals surface area contributed by atoms with E-state index in [2.05, 4.69) is 25.3 Å². The molecule has 0 saturated heterocycles. The van der Waals surface area contributed by atoms with E-state index in [1.165, 1.54) is 14.0 Å². The molecular weight excluding hydrogens is 380 g/mol. The lowest BCUT2D eigenvalue weighted by Crippen LogP contribution is -2.20. The van der Waals surface area contributed by atoms with Gasteiger partial charge in [0.25, 0.3) is 0 Å². The van der Waals surface area contributed by atoms with Crippen LogP contribution in [0.1, 0.15) is 13.3 Å². The molecule has 2 rings (SSSR count). The molecule has 5 N–H and O–H groups in total. The van der Waals surface area contributed by atoms with Crippen LogP contribution in [0.15, 0.2) is 46.6 Å². The van der Waals surface area contributed by atoms with Crippen molar-refractivity contribution in [2.75, 3.05) is 24.7 Å². The predicted octanol–water partition coefficient (Wildman–Crippen LogP) is 2.87. The molecule has 11 nitrogen and oxygen atoms in total. The smallest absolute Gasteiger partial charge is 0.453 e. The number of hydrogen-bond acceptors (Lipinski definition) is 10. The van der Waals surface area contributed by atoms with Crippen molar-refractivity contribution in [3.8, 4) is 5.75 Å². The van der Waals surface area contributed by atoms with Crippen molar-refractivity contribution in [2.24, 2.45) is 16.0 Å². The highest BCUT2D eigenvalue weighted by Gasteiger charge is 2.13. The largest absolute Gasteiger partial charge is 0.511 e. The lowest BCUT2D eigenvalue weighted by Gasteiger charge is -2.15. The summed E-state index contributed by atoms with van der Waals surface area (Å²) in [6.07, 6.45) is -1.59. The normalized spacial score (nSPS) is 11.7. The van der Waals surface area contributed by atoms with Gasteiger partial charge in [0.1, 0.15) is 17.2 Å². The number of amides is 1. The number of para-hydroxylation sites is 1. The van der Waals surface area contributed by atoms with E-state index in [1.807, 2.05) is 0 Å². The molecule has 2 aromatic rings. The molecule has 0 spiro atoms. The fourth-order valence-electron chi connectivity index (χ4n) is 2.09. The quantitative estimate of drug-likeness (QED) is 0.344. The SMILES string of the molecule is COC(=O)OC(C)Oc1ccccc1N=Nc1ccc(NC(=O)CCN)nc1N. The van der Waals surface area contributed by atoms with Crippen LogP contribution >= 0.6 is 0 Å². The Balaban J connectivity index is 2.11. The third-order valence-electron chi connectivity index (χ3n) is 3.39. The van der Waals surface area contributed by atoms with Gasteiger partial charge in [0.05, 0.1) is 7.11 Å². The summed E-state index contributed by atoms with van der Waals surface area (Å²) in [6, 6.07) is 9.89. The van der Waals surface area contributed by atoms with Gasteiger partial charge < -0.3 is 31.0 Å². The van der Waals surface area contributed by atoms with Crippen LogP contribution in [0.5, 0.6) is 5.75 Å². The third kappa shape index (κ3) is 6.74. The Kier molecular flexibility index (Phi) is 7.86. The molecule has 0 aliphatic heterocycles. The van der Waals surface area contributed by atoms with Gasteiger partial charge in [-0.1, -0.05) is 12.1 Å². The Labute approximate surface area is 167 Å². The molecule has 1 heterocycles. The topological polar surface area (TPSA) is 164 Å². The van der Waals surface area contributed by atoms with Gasteiger partial charge in [-0.05, 0) is 24.3 Å². The van der Waals surface area contributed by atoms with Gasteiger partial charge in [-0.2, -0.15) is 0 Å². The highest BCUT2D eigenvalue weighted by Crippen LogP contribution is 2.31. The van der Waals surface area contributed by atoms with Crippen LogP contribution in [-0.2, 0) is 14.3 Å². The summed E-state index contributed by atoms with van der Waals surface area (Å²) in [7, 11) is 1.20. The second-order valence-electron chi connectivity index (χ2n) is 5.61. The highest BCUT2D eigenvalue weighted by atomic mass is 16.8. The Hall–Kier alpha value is -3.73. The molecule has 0 fully saturated rings. The minimum atomic E-state index is -0.901. The fourth-order valence-corrected chi connectivity index (χ4v) is 2.09. The van der Waals surface area contributed by atoms with E-state index in [9.17, 15) is 9.59 Å². The summed E-state index contributed by atoms with van der Waals surface area (Å²) >= 11 is 0. The van der Waals surface area contributed by atoms with E-state index in [1.54, 1.807) is 36.4 Å². The molecule has 1 amide bonds. The maximum atomic E-state index is 11.6. The van der Waals surface area contributed by atoms with Crippen molar-refractivity contribution in [2.45, 2.75) is 19.6 Å². The summed E-state index contributed by atoms with van der Waals surface area (Å²) in [5.74, 6) is 0.450. The lowest BCUT2D eigenvalue weighted by molar-refractivity contribution is -0.116. The second-order valence-corrected chi connectivity index (χ2v) is 5.61. The number of benzene rings is 1. The first-order chi connectivity index (χ1) is 13.9. The van der Waals surface area contributed by atoms with Crippen molar-refractivity contribution in [1.82, 2.24) is 4.98 Å². The van der Waals surface area contributed by atoms with Gasteiger partial charge in [0, 0.05) is 19.9 Å². The number of carbonyl (C=O) groups excluding carboxylic acids is 2. The number of aromatic nitrogens is 1. The maximum Gasteiger partial charge on any atom is 0.511 e. The number of carbonyl (C=O) groups is 2. The minimum Gasteiger partial charge on any atom is -0.453 e. The zero-order valence-electron chi connectivity index (χ0n) is 16.0. The van der Waals surface area contributed by atoms with Gasteiger partial charge in [-0.15, -0.1) is 10.2 Å². The van der Waals surface area contributed by atoms with Gasteiger partial charge in [0.15, 0.2) is 11.6 Å². The third-order valence-corrected chi connectivity index (χ3v) is 3.39. The van der Waals surface area contributed by atoms with Crippen LogP contribution in [0.2, 0.25) is 0 Å². The average molecular weight is 402 g/mol. The molecule has 1 atom stereocenters. The van der Waals surface area contributed by atoms with Crippen LogP contribution in [0, 0.1) is 0 Å². The molecule has 1 aromatic heterocycles. The molecule has 1 aromatic carbocycles. The summed E-state index contributed by atoms with van der Waals surface area (Å²) in [5, 5.41) is 10.8. The molecule has 0 radical (unpaired) electrons. The van der Waals surface area contributed by atoms with E-state index in [0.717, 1.165) is 0 Å². The average Bonchev–Trinajstić information content (AvgIpc) is 2.68. The number of hydrogen-bond donors (Lipinski definition) is 3. The van der Waals surface area contributed by atoms with Gasteiger partial charge in [-0.3, -0.25) is 4.79 Å². The van der Waals surface area contributed by atoms with Crippen LogP contribution in [0.3, 0.4) is 0 Å². The fraction of sp³-hybridized carbons (Fsp3) is 0.278. The van der Waals surface area contributed by atoms with Crippen molar-refractivity contribution < 1.29 is 23.8 Å². The monoisotopic (exact) mass is 402 g/mol. The van der Waals surface area contributed by atoms with E-state index in [-0.39, 0.29) is 30.5 Å². The molecule has 0 bridgehead atoms. The predicted molar refractivity (Wildman–Crippen MR) is 105 cm³/mol. The second kappa shape index (κ2) is 10.6. The van der Waals surface area contributed by atoms with Crippen LogP contribution in [0.25, 0.3) is 0 Å². The Morgan fingerprint density at radius 2 is 1.90 bits per heavy atom. The molecule has 11 heteroatoms. The Bertz CT molecular complexity index is 889. The van der Waals surface area contributed by atoms with Crippen LogP contribution in [0.4, 0.5) is 27.8 Å². The number of nitrogens with two attached hydrogens (primary N) is 2. The zero-order valence-corrected chi connectivity index (χ0v) is 16.0. The molecule has 0 saturated carbocycles. The summed E-state index contributed by atoms with van der Waals surface area (Å²) in [6.45, 7) is 1.77. The number of nitrogens with one attached hydrogen (secondary N) is 1. The van der Waals surface area contributed by atoms with Crippen LogP contribution < -0.4 is 21.5 Å². The number of ether oxygens (including phenoxy) is 3. The molecule has 0 aliphatic rings. The lowest BCUT2D eigenvalue weighted by atomic mass is 10.3. The number of methoxy groups -OCH3 is 1. The van der Waals surface area contributed by atoms with Gasteiger partial charge >= 0.3 is 6.16 Å². The molecule has 0 aliphatic carbocycles. The number of nitrogens with zero attached hydrogens (tertiary/aromatic N) is 3. The summed E-state index contributed by atoms with van der Waals surface area (Å²) in [5.41, 5.74) is 11.9. The first-order valence-corrected chi connectivity index (χ1v) is 8.61. The van der Waals surface area contributed by atoms with Crippen LogP contribution in [-0.4, -0.2) is 37.0 Å². The van der Waals surface area contributed by atoms with Crippen molar-refractivity contribution in [3.63, 3.8) is 0 Å². The van der Waals surface area contributed by atoms with E-state index < -0.39 is 12.4 Å². The maximum absolute atomic E-state index is 11.6. The minimum absolute atomic E-state index is 0.0834. The first-order valence-electron chi connectivity index (χ1n) is 8.61. The standard InChI is InChI=1S/C18H22N6O5/c1-11(29-18(26)27-2)28-14-6-4-3-5-12(14)23-24-13-7-8-15(22-17(13)20)21-16(25)9-10-19/h3-8,11H,9-10,19H2,1-2H3,(H3,20,21,22,25). The highest BCUT2D eigenvalue weighted by molar-refractivity contribution is 5.90. The Morgan fingerprint density at radius 1 is 1.17 bits per heavy atom. The number of azo groups is 1. The molecule has 29 heavy (non-hydrogen) atoms. The Morgan fingerprint density at radius 3 is 2.59 bits per heavy atom. The van der Waals surface area contributed by atoms with E-state index in [0.29, 0.717) is 17.1 Å². The number of pyridine rings is 1. The number of rotatable bonds is 8. The number of anilines is 2. The molecular formula is C18H22N6O5. The van der Waals surface area contributed by atoms with Gasteiger partial charge in [0.2, 0.25) is 12.2 Å². The van der Waals surface area contributed by atoms with Crippen molar-refractivity contribution >= 4 is 35.1 Å². The molecule has 1 unspecified atom stereocenters. The number of nitrogen functional groups attached to an aromatic ring is 1. The van der Waals surface area contributed by atoms with Gasteiger partial charge in [-0.25, -0.2) is 9.78 Å². The van der Waals surface area contributed by atoms with E-state index in [4.69, 9.17) is 20.9 Å². The van der Waals surface area contributed by atoms with E-state index >= 15 is 0 Å². The van der Waals surface area contributed by atoms with Crippen molar-refractivity contribution in [1.29, 1.82) is 0 Å². The zero-order chi connectivity index (χ0) is 21.2. The van der Waals surface area contributed by atoms with Crippen molar-refractivity contribution in [3.05, 3.63) is 36.4 Å². The molecule has 154 valence electrons.